The molecule has 0 saturated heterocycles. The van der Waals surface area contributed by atoms with E-state index in [1.165, 1.54) is 7.11 Å². The van der Waals surface area contributed by atoms with Crippen molar-refractivity contribution in [2.24, 2.45) is 5.92 Å². The average Bonchev–Trinajstić information content (AvgIpc) is 2.27. The standard InChI is InChI=1S/C12H25NO3/c1-5-10(6-2)11(14)8-13-9(3)7-12(15)16-4/h9-11,13-14H,5-8H2,1-4H3. The maximum atomic E-state index is 11.0. The number of ether oxygens (including phenoxy) is 1. The lowest BCUT2D eigenvalue weighted by Gasteiger charge is -2.22. The predicted molar refractivity (Wildman–Crippen MR) is 64.2 cm³/mol. The third-order valence-electron chi connectivity index (χ3n) is 2.97. The number of carbonyl (C=O) groups excluding carboxylic acids is 1. The fraction of sp³-hybridized carbons (Fsp3) is 0.917. The fourth-order valence-electron chi connectivity index (χ4n) is 1.73. The maximum absolute atomic E-state index is 11.0. The maximum Gasteiger partial charge on any atom is 0.307 e. The molecule has 0 aliphatic rings. The first kappa shape index (κ1) is 15.4. The van der Waals surface area contributed by atoms with E-state index in [4.69, 9.17) is 0 Å². The molecular formula is C12H25NO3. The molecule has 16 heavy (non-hydrogen) atoms. The highest BCUT2D eigenvalue weighted by Crippen LogP contribution is 2.12. The molecule has 0 amide bonds. The molecule has 0 spiro atoms. The lowest BCUT2D eigenvalue weighted by molar-refractivity contribution is -0.141. The molecular weight excluding hydrogens is 206 g/mol. The van der Waals surface area contributed by atoms with Gasteiger partial charge in [0.2, 0.25) is 0 Å². The van der Waals surface area contributed by atoms with Crippen LogP contribution < -0.4 is 5.32 Å². The first-order chi connectivity index (χ1) is 7.54. The third kappa shape index (κ3) is 6.08. The normalized spacial score (nSPS) is 14.9. The largest absolute Gasteiger partial charge is 0.469 e. The number of esters is 1. The summed E-state index contributed by atoms with van der Waals surface area (Å²) in [4.78, 5) is 11.0. The molecule has 0 bridgehead atoms. The lowest BCUT2D eigenvalue weighted by Crippen LogP contribution is -2.38. The van der Waals surface area contributed by atoms with Gasteiger partial charge in [-0.3, -0.25) is 4.79 Å². The minimum absolute atomic E-state index is 0.0384. The topological polar surface area (TPSA) is 58.6 Å². The molecule has 0 aromatic rings. The van der Waals surface area contributed by atoms with Crippen molar-refractivity contribution in [3.8, 4) is 0 Å². The van der Waals surface area contributed by atoms with Crippen LogP contribution in [0, 0.1) is 5.92 Å². The van der Waals surface area contributed by atoms with Crippen LogP contribution in [0.1, 0.15) is 40.0 Å². The van der Waals surface area contributed by atoms with Crippen LogP contribution in [0.25, 0.3) is 0 Å². The third-order valence-corrected chi connectivity index (χ3v) is 2.97. The summed E-state index contributed by atoms with van der Waals surface area (Å²) in [5.41, 5.74) is 0. The van der Waals surface area contributed by atoms with Crippen LogP contribution in [0.5, 0.6) is 0 Å². The van der Waals surface area contributed by atoms with Crippen LogP contribution in [0.3, 0.4) is 0 Å². The van der Waals surface area contributed by atoms with Gasteiger partial charge in [-0.15, -0.1) is 0 Å². The fourth-order valence-corrected chi connectivity index (χ4v) is 1.73. The Hall–Kier alpha value is -0.610. The molecule has 0 fully saturated rings. The summed E-state index contributed by atoms with van der Waals surface area (Å²) in [7, 11) is 1.38. The van der Waals surface area contributed by atoms with Crippen molar-refractivity contribution >= 4 is 5.97 Å². The number of methoxy groups -OCH3 is 1. The number of hydrogen-bond acceptors (Lipinski definition) is 4. The summed E-state index contributed by atoms with van der Waals surface area (Å²) in [6, 6.07) is 0.0384. The summed E-state index contributed by atoms with van der Waals surface area (Å²) >= 11 is 0. The molecule has 96 valence electrons. The predicted octanol–water partition coefficient (Wildman–Crippen LogP) is 1.32. The Bertz CT molecular complexity index is 193. The van der Waals surface area contributed by atoms with Gasteiger partial charge in [0.1, 0.15) is 0 Å². The SMILES string of the molecule is CCC(CC)C(O)CNC(C)CC(=O)OC. The second kappa shape index (κ2) is 8.53. The Morgan fingerprint density at radius 2 is 1.94 bits per heavy atom. The highest BCUT2D eigenvalue weighted by molar-refractivity contribution is 5.69. The van der Waals surface area contributed by atoms with Gasteiger partial charge in [-0.2, -0.15) is 0 Å². The summed E-state index contributed by atoms with van der Waals surface area (Å²) in [6.07, 6.45) is 1.96. The van der Waals surface area contributed by atoms with Crippen LogP contribution in [-0.2, 0) is 9.53 Å². The van der Waals surface area contributed by atoms with Crippen LogP contribution in [0.2, 0.25) is 0 Å². The van der Waals surface area contributed by atoms with E-state index in [1.54, 1.807) is 0 Å². The number of nitrogens with one attached hydrogen (secondary N) is 1. The van der Waals surface area contributed by atoms with Crippen LogP contribution in [0.15, 0.2) is 0 Å². The summed E-state index contributed by atoms with van der Waals surface area (Å²) in [5, 5.41) is 13.0. The van der Waals surface area contributed by atoms with E-state index in [0.29, 0.717) is 18.9 Å². The number of hydrogen-bond donors (Lipinski definition) is 2. The highest BCUT2D eigenvalue weighted by Gasteiger charge is 2.16. The highest BCUT2D eigenvalue weighted by atomic mass is 16.5. The molecule has 2 N–H and O–H groups in total. The zero-order valence-electron chi connectivity index (χ0n) is 10.8. The average molecular weight is 231 g/mol. The molecule has 0 radical (unpaired) electrons. The van der Waals surface area contributed by atoms with Crippen molar-refractivity contribution in [2.75, 3.05) is 13.7 Å². The Morgan fingerprint density at radius 1 is 1.38 bits per heavy atom. The Kier molecular flexibility index (Phi) is 8.21. The van der Waals surface area contributed by atoms with Gasteiger partial charge in [0, 0.05) is 12.6 Å². The van der Waals surface area contributed by atoms with Gasteiger partial charge in [-0.1, -0.05) is 26.7 Å². The van der Waals surface area contributed by atoms with E-state index in [0.717, 1.165) is 12.8 Å². The summed E-state index contributed by atoms with van der Waals surface area (Å²) in [5.74, 6) is 0.106. The van der Waals surface area contributed by atoms with E-state index in [9.17, 15) is 9.90 Å². The second-order valence-corrected chi connectivity index (χ2v) is 4.23. The van der Waals surface area contributed by atoms with E-state index in [-0.39, 0.29) is 18.1 Å². The minimum Gasteiger partial charge on any atom is -0.469 e. The quantitative estimate of drug-likeness (QED) is 0.619. The summed E-state index contributed by atoms with van der Waals surface area (Å²) < 4.78 is 4.58. The zero-order valence-corrected chi connectivity index (χ0v) is 10.8. The summed E-state index contributed by atoms with van der Waals surface area (Å²) in [6.45, 7) is 6.60. The molecule has 0 aromatic carbocycles. The molecule has 2 atom stereocenters. The van der Waals surface area contributed by atoms with Gasteiger partial charge in [-0.05, 0) is 12.8 Å². The van der Waals surface area contributed by atoms with Gasteiger partial charge >= 0.3 is 5.97 Å². The molecule has 4 nitrogen and oxygen atoms in total. The molecule has 0 aliphatic heterocycles. The molecule has 0 saturated carbocycles. The van der Waals surface area contributed by atoms with Crippen molar-refractivity contribution in [2.45, 2.75) is 52.2 Å². The van der Waals surface area contributed by atoms with Gasteiger partial charge in [0.05, 0.1) is 19.6 Å². The molecule has 0 aromatic heterocycles. The number of aliphatic hydroxyl groups is 1. The number of rotatable bonds is 8. The zero-order chi connectivity index (χ0) is 12.6. The smallest absolute Gasteiger partial charge is 0.307 e. The van der Waals surface area contributed by atoms with Crippen molar-refractivity contribution in [1.29, 1.82) is 0 Å². The van der Waals surface area contributed by atoms with Gasteiger partial charge in [0.15, 0.2) is 0 Å². The molecule has 0 rings (SSSR count). The van der Waals surface area contributed by atoms with Crippen molar-refractivity contribution < 1.29 is 14.6 Å². The number of aliphatic hydroxyl groups excluding tert-OH is 1. The monoisotopic (exact) mass is 231 g/mol. The van der Waals surface area contributed by atoms with Gasteiger partial charge in [-0.25, -0.2) is 0 Å². The molecule has 2 unspecified atom stereocenters. The van der Waals surface area contributed by atoms with Gasteiger partial charge < -0.3 is 15.2 Å². The van der Waals surface area contributed by atoms with Crippen molar-refractivity contribution in [1.82, 2.24) is 5.32 Å². The first-order valence-corrected chi connectivity index (χ1v) is 6.03. The van der Waals surface area contributed by atoms with E-state index in [1.807, 2.05) is 6.92 Å². The van der Waals surface area contributed by atoms with Gasteiger partial charge in [0.25, 0.3) is 0 Å². The van der Waals surface area contributed by atoms with Crippen molar-refractivity contribution in [3.05, 3.63) is 0 Å². The van der Waals surface area contributed by atoms with E-state index < -0.39 is 0 Å². The first-order valence-electron chi connectivity index (χ1n) is 6.03. The van der Waals surface area contributed by atoms with Crippen LogP contribution in [-0.4, -0.2) is 36.9 Å². The number of carbonyl (C=O) groups is 1. The molecule has 0 heterocycles. The molecule has 4 heteroatoms. The van der Waals surface area contributed by atoms with Crippen LogP contribution in [0.4, 0.5) is 0 Å². The van der Waals surface area contributed by atoms with E-state index >= 15 is 0 Å². The Labute approximate surface area is 98.4 Å². The molecule has 0 aliphatic carbocycles. The second-order valence-electron chi connectivity index (χ2n) is 4.23. The Balaban J connectivity index is 3.81. The lowest BCUT2D eigenvalue weighted by atomic mass is 9.96. The van der Waals surface area contributed by atoms with E-state index in [2.05, 4.69) is 23.9 Å². The minimum atomic E-state index is -0.338. The van der Waals surface area contributed by atoms with Crippen molar-refractivity contribution in [3.63, 3.8) is 0 Å². The Morgan fingerprint density at radius 3 is 2.38 bits per heavy atom. The van der Waals surface area contributed by atoms with Crippen LogP contribution >= 0.6 is 0 Å².